The summed E-state index contributed by atoms with van der Waals surface area (Å²) in [5.74, 6) is -0.0122. The van der Waals surface area contributed by atoms with Gasteiger partial charge in [-0.15, -0.1) is 0 Å². The van der Waals surface area contributed by atoms with Crippen LogP contribution in [0.5, 0.6) is 0 Å². The topological polar surface area (TPSA) is 74.8 Å². The molecule has 0 N–H and O–H groups in total. The van der Waals surface area contributed by atoms with Crippen LogP contribution in [0, 0.1) is 17.8 Å². The van der Waals surface area contributed by atoms with Gasteiger partial charge in [0.1, 0.15) is 0 Å². The van der Waals surface area contributed by atoms with Crippen LogP contribution < -0.4 is 0 Å². The number of alkyl halides is 9. The van der Waals surface area contributed by atoms with Gasteiger partial charge in [0, 0.05) is 80.2 Å². The van der Waals surface area contributed by atoms with Crippen molar-refractivity contribution in [2.75, 3.05) is 100 Å². The average Bonchev–Trinajstić information content (AvgIpc) is 3.04. The summed E-state index contributed by atoms with van der Waals surface area (Å²) in [7, 11) is -0.0198. The van der Waals surface area contributed by atoms with Gasteiger partial charge in [-0.05, 0) is 17.8 Å². The summed E-state index contributed by atoms with van der Waals surface area (Å²) < 4.78 is 172. The number of piperazine rings is 3. The smallest absolute Gasteiger partial charge is 0.383 e. The van der Waals surface area contributed by atoms with Crippen molar-refractivity contribution in [3.05, 3.63) is 0 Å². The van der Waals surface area contributed by atoms with E-state index in [1.54, 1.807) is 14.7 Å². The Labute approximate surface area is 319 Å². The average molecular weight is 819 g/mol. The van der Waals surface area contributed by atoms with Gasteiger partial charge in [0.2, 0.25) is 0 Å². The second-order valence-electron chi connectivity index (χ2n) is 15.5. The van der Waals surface area contributed by atoms with E-state index in [4.69, 9.17) is 14.2 Å². The number of ether oxygens (including phenoxy) is 3. The third-order valence-corrected chi connectivity index (χ3v) is 9.67. The van der Waals surface area contributed by atoms with Crippen molar-refractivity contribution in [2.45, 2.75) is 97.3 Å². The van der Waals surface area contributed by atoms with Crippen LogP contribution >= 0.6 is 0 Å². The summed E-state index contributed by atoms with van der Waals surface area (Å²) in [6, 6.07) is -3.88. The Morgan fingerprint density at radius 2 is 0.709 bits per heavy atom. The molecule has 3 rings (SSSR count). The van der Waals surface area contributed by atoms with Crippen LogP contribution in [0.2, 0.25) is 0 Å². The Balaban J connectivity index is 1.97. The fraction of sp³-hybridized carbons (Fsp3) is 1.00. The van der Waals surface area contributed by atoms with Crippen LogP contribution in [0.3, 0.4) is 0 Å². The van der Waals surface area contributed by atoms with Gasteiger partial charge < -0.3 is 28.2 Å². The fourth-order valence-electron chi connectivity index (χ4n) is 7.32. The molecule has 0 amide bonds. The number of hydrogen-bond donors (Lipinski definition) is 0. The van der Waals surface area contributed by atoms with E-state index < -0.39 is 82.7 Å². The first-order chi connectivity index (χ1) is 25.6. The first-order valence-corrected chi connectivity index (χ1v) is 18.7. The van der Waals surface area contributed by atoms with Crippen molar-refractivity contribution in [2.24, 2.45) is 17.8 Å². The lowest BCUT2D eigenvalue weighted by molar-refractivity contribution is -0.384. The molecular weight excluding hydrogens is 758 g/mol. The Bertz CT molecular complexity index is 1010. The zero-order valence-corrected chi connectivity index (χ0v) is 33.3. The van der Waals surface area contributed by atoms with E-state index in [0.29, 0.717) is 19.6 Å². The number of nitrogens with zero attached hydrogens (tertiary/aromatic N) is 6. The van der Waals surface area contributed by atoms with Gasteiger partial charge in [-0.2, -0.15) is 41.0 Å². The first kappa shape index (κ1) is 48.3. The third kappa shape index (κ3) is 12.7. The van der Waals surface area contributed by atoms with Crippen molar-refractivity contribution in [1.29, 1.82) is 0 Å². The van der Waals surface area contributed by atoms with Gasteiger partial charge in [-0.3, -0.25) is 14.7 Å². The Hall–Kier alpha value is -1.05. The summed E-state index contributed by atoms with van der Waals surface area (Å²) in [4.78, 5) is 4.22. The molecule has 0 spiro atoms. The van der Waals surface area contributed by atoms with Gasteiger partial charge >= 0.3 is 26.0 Å². The zero-order chi connectivity index (χ0) is 41.5. The molecule has 0 unspecified atom stereocenters. The molecule has 0 aromatic carbocycles. The Morgan fingerprint density at radius 3 is 0.909 bits per heavy atom. The SMILES string of the molecule is COC[C@@H]1[C@@H](F)N(C(F)(F)OB(OC(F)(F)N2CCN(CC(C)C)[C@H](COC)[C@H]2F)OC(F)(F)N2CCN(CC(C)C)[C@H](COC)[C@H]2F)CCN1CC(C)C. The molecule has 0 aliphatic carbocycles. The van der Waals surface area contributed by atoms with E-state index in [9.17, 15) is 0 Å². The highest BCUT2D eigenvalue weighted by molar-refractivity contribution is 6.36. The predicted octanol–water partition coefficient (Wildman–Crippen LogP) is 4.42. The molecule has 6 atom stereocenters. The maximum Gasteiger partial charge on any atom is 0.655 e. The van der Waals surface area contributed by atoms with E-state index in [1.165, 1.54) is 21.3 Å². The Kier molecular flexibility index (Phi) is 18.3. The van der Waals surface area contributed by atoms with Crippen molar-refractivity contribution in [3.8, 4) is 0 Å². The zero-order valence-electron chi connectivity index (χ0n) is 33.3. The molecule has 0 bridgehead atoms. The van der Waals surface area contributed by atoms with E-state index in [-0.39, 0.29) is 71.9 Å². The van der Waals surface area contributed by atoms with Crippen LogP contribution in [0.4, 0.5) is 39.5 Å². The molecule has 55 heavy (non-hydrogen) atoms. The summed E-state index contributed by atoms with van der Waals surface area (Å²) in [5.41, 5.74) is 0. The molecule has 3 saturated heterocycles. The summed E-state index contributed by atoms with van der Waals surface area (Å²) in [5, 5.41) is 0. The second-order valence-corrected chi connectivity index (χ2v) is 15.5. The van der Waals surface area contributed by atoms with Gasteiger partial charge in [0.05, 0.1) is 37.9 Å². The van der Waals surface area contributed by atoms with Crippen LogP contribution in [0.1, 0.15) is 41.5 Å². The van der Waals surface area contributed by atoms with Crippen molar-refractivity contribution in [3.63, 3.8) is 0 Å². The summed E-state index contributed by atoms with van der Waals surface area (Å²) >= 11 is 0. The molecule has 0 saturated carbocycles. The summed E-state index contributed by atoms with van der Waals surface area (Å²) in [6.07, 6.45) is -22.5. The highest BCUT2D eigenvalue weighted by atomic mass is 19.3. The van der Waals surface area contributed by atoms with Crippen molar-refractivity contribution >= 4 is 7.32 Å². The lowest BCUT2D eigenvalue weighted by Gasteiger charge is -2.48. The van der Waals surface area contributed by atoms with E-state index in [0.717, 1.165) is 0 Å². The van der Waals surface area contributed by atoms with Gasteiger partial charge in [0.15, 0.2) is 18.9 Å². The minimum atomic E-state index is -4.93. The van der Waals surface area contributed by atoms with Crippen LogP contribution in [0.15, 0.2) is 0 Å². The molecule has 0 aromatic heterocycles. The standard InChI is InChI=1S/C33H60BF9N6O6/c1-22(2)16-44-10-13-47(28(35)25(44)19-50-7)31(38,39)53-34(54-32(40,41)48-14-11-45(17-23(3)4)26(20-51-8)29(48)36)55-33(42,43)49-15-12-46(18-24(5)6)27(21-52-9)30(49)37/h22-30H,10-21H2,1-9H3/t25-,26-,27-,28+,29+,30+/m1/s1. The van der Waals surface area contributed by atoms with E-state index in [2.05, 4.69) is 14.0 Å². The maximum atomic E-state index is 16.0. The number of hydrogen-bond acceptors (Lipinski definition) is 12. The Morgan fingerprint density at radius 1 is 0.473 bits per heavy atom. The molecule has 3 aliphatic heterocycles. The number of rotatable bonds is 21. The minimum Gasteiger partial charge on any atom is -0.383 e. The largest absolute Gasteiger partial charge is 0.655 e. The molecule has 0 aromatic rings. The molecule has 3 aliphatic rings. The summed E-state index contributed by atoms with van der Waals surface area (Å²) in [6.45, 7) is 8.03. The van der Waals surface area contributed by atoms with Crippen LogP contribution in [0.25, 0.3) is 0 Å². The van der Waals surface area contributed by atoms with Crippen LogP contribution in [-0.2, 0) is 28.2 Å². The molecular formula is C33H60BF9N6O6. The second kappa shape index (κ2) is 20.8. The van der Waals surface area contributed by atoms with Gasteiger partial charge in [-0.1, -0.05) is 41.5 Å². The van der Waals surface area contributed by atoms with Crippen molar-refractivity contribution < 1.29 is 67.7 Å². The molecule has 3 fully saturated rings. The third-order valence-electron chi connectivity index (χ3n) is 9.67. The molecule has 0 radical (unpaired) electrons. The predicted molar refractivity (Wildman–Crippen MR) is 185 cm³/mol. The highest BCUT2D eigenvalue weighted by Gasteiger charge is 2.61. The first-order valence-electron chi connectivity index (χ1n) is 18.7. The van der Waals surface area contributed by atoms with E-state index >= 15 is 39.5 Å². The normalized spacial score (nSPS) is 28.3. The maximum absolute atomic E-state index is 16.0. The molecule has 324 valence electrons. The van der Waals surface area contributed by atoms with Gasteiger partial charge in [0.25, 0.3) is 0 Å². The van der Waals surface area contributed by atoms with Crippen molar-refractivity contribution in [1.82, 2.24) is 29.4 Å². The quantitative estimate of drug-likeness (QED) is 0.0936. The van der Waals surface area contributed by atoms with Gasteiger partial charge in [-0.25, -0.2) is 13.2 Å². The number of halogens is 9. The lowest BCUT2D eigenvalue weighted by atomic mass is 10.1. The molecule has 12 nitrogen and oxygen atoms in total. The van der Waals surface area contributed by atoms with E-state index in [1.807, 2.05) is 41.5 Å². The highest BCUT2D eigenvalue weighted by Crippen LogP contribution is 2.38. The molecule has 22 heteroatoms. The number of methoxy groups -OCH3 is 3. The molecule has 3 heterocycles. The monoisotopic (exact) mass is 818 g/mol. The minimum absolute atomic E-state index is 0.00405. The van der Waals surface area contributed by atoms with Crippen LogP contribution in [-0.4, -0.2) is 192 Å². The lowest BCUT2D eigenvalue weighted by Crippen LogP contribution is -2.68. The fourth-order valence-corrected chi connectivity index (χ4v) is 7.32.